The smallest absolute Gasteiger partial charge is 0.238 e. The fourth-order valence-corrected chi connectivity index (χ4v) is 2.74. The van der Waals surface area contributed by atoms with Crippen molar-refractivity contribution in [1.29, 1.82) is 0 Å². The second-order valence-electron chi connectivity index (χ2n) is 5.47. The van der Waals surface area contributed by atoms with Crippen LogP contribution in [0.5, 0.6) is 0 Å². The van der Waals surface area contributed by atoms with Gasteiger partial charge in [-0.05, 0) is 50.5 Å². The van der Waals surface area contributed by atoms with Crippen LogP contribution in [0.3, 0.4) is 0 Å². The molecule has 1 aliphatic rings. The Morgan fingerprint density at radius 1 is 1.35 bits per heavy atom. The number of likely N-dealkylation sites (tertiary alicyclic amines) is 1. The average Bonchev–Trinajstić information content (AvgIpc) is 2.46. The van der Waals surface area contributed by atoms with Gasteiger partial charge in [0.1, 0.15) is 0 Å². The molecule has 0 spiro atoms. The van der Waals surface area contributed by atoms with E-state index in [1.165, 1.54) is 12.8 Å². The lowest BCUT2D eigenvalue weighted by molar-refractivity contribution is -0.117. The zero-order valence-corrected chi connectivity index (χ0v) is 12.3. The Labute approximate surface area is 121 Å². The number of anilines is 1. The summed E-state index contributed by atoms with van der Waals surface area (Å²) in [5.74, 6) is 0.758. The summed E-state index contributed by atoms with van der Waals surface area (Å²) < 4.78 is 0. The highest BCUT2D eigenvalue weighted by molar-refractivity contribution is 5.92. The van der Waals surface area contributed by atoms with E-state index in [0.717, 1.165) is 31.9 Å². The van der Waals surface area contributed by atoms with Crippen molar-refractivity contribution in [1.82, 2.24) is 10.2 Å². The zero-order valence-electron chi connectivity index (χ0n) is 12.3. The lowest BCUT2D eigenvalue weighted by Crippen LogP contribution is -2.43. The summed E-state index contributed by atoms with van der Waals surface area (Å²) in [5.41, 5.74) is 0.874. The van der Waals surface area contributed by atoms with Gasteiger partial charge in [-0.15, -0.1) is 0 Å². The lowest BCUT2D eigenvalue weighted by Gasteiger charge is -2.32. The summed E-state index contributed by atoms with van der Waals surface area (Å²) in [5, 5.41) is 6.36. The largest absolute Gasteiger partial charge is 0.325 e. The highest BCUT2D eigenvalue weighted by Crippen LogP contribution is 2.15. The van der Waals surface area contributed by atoms with E-state index in [4.69, 9.17) is 0 Å². The topological polar surface area (TPSA) is 44.4 Å². The first-order chi connectivity index (χ1) is 9.78. The van der Waals surface area contributed by atoms with Crippen molar-refractivity contribution in [3.05, 3.63) is 30.3 Å². The molecule has 1 amide bonds. The van der Waals surface area contributed by atoms with E-state index in [-0.39, 0.29) is 5.91 Å². The van der Waals surface area contributed by atoms with Crippen LogP contribution in [0.2, 0.25) is 0 Å². The first-order valence-corrected chi connectivity index (χ1v) is 7.56. The van der Waals surface area contributed by atoms with E-state index in [9.17, 15) is 4.79 Å². The van der Waals surface area contributed by atoms with Gasteiger partial charge < -0.3 is 10.6 Å². The molecule has 2 N–H and O–H groups in total. The van der Waals surface area contributed by atoms with Crippen LogP contribution in [-0.2, 0) is 4.79 Å². The van der Waals surface area contributed by atoms with Gasteiger partial charge in [-0.1, -0.05) is 25.1 Å². The molecule has 1 unspecified atom stereocenters. The molecule has 0 radical (unpaired) electrons. The molecule has 1 aromatic carbocycles. The van der Waals surface area contributed by atoms with E-state index in [2.05, 4.69) is 22.5 Å². The molecule has 0 aliphatic carbocycles. The summed E-state index contributed by atoms with van der Waals surface area (Å²) in [6.07, 6.45) is 2.46. The van der Waals surface area contributed by atoms with E-state index >= 15 is 0 Å². The number of nitrogens with one attached hydrogen (secondary N) is 2. The Morgan fingerprint density at radius 3 is 2.90 bits per heavy atom. The van der Waals surface area contributed by atoms with Crippen LogP contribution in [0.4, 0.5) is 5.69 Å². The third kappa shape index (κ3) is 4.94. The average molecular weight is 275 g/mol. The Hall–Kier alpha value is -1.39. The fourth-order valence-electron chi connectivity index (χ4n) is 2.74. The third-order valence-corrected chi connectivity index (χ3v) is 3.71. The normalized spacial score (nSPS) is 19.8. The zero-order chi connectivity index (χ0) is 14.2. The Balaban J connectivity index is 1.76. The number of benzene rings is 1. The van der Waals surface area contributed by atoms with Crippen LogP contribution >= 0.6 is 0 Å². The number of rotatable bonds is 6. The Bertz CT molecular complexity index is 407. The van der Waals surface area contributed by atoms with Crippen molar-refractivity contribution in [3.63, 3.8) is 0 Å². The van der Waals surface area contributed by atoms with Gasteiger partial charge >= 0.3 is 0 Å². The van der Waals surface area contributed by atoms with Crippen LogP contribution < -0.4 is 10.6 Å². The molecule has 1 aromatic rings. The first kappa shape index (κ1) is 15.0. The third-order valence-electron chi connectivity index (χ3n) is 3.71. The molecular weight excluding hydrogens is 250 g/mol. The summed E-state index contributed by atoms with van der Waals surface area (Å²) in [6.45, 7) is 6.77. The molecule has 1 aliphatic heterocycles. The molecule has 1 saturated heterocycles. The Morgan fingerprint density at radius 2 is 2.15 bits per heavy atom. The number of amides is 1. The van der Waals surface area contributed by atoms with Crippen molar-refractivity contribution in [2.45, 2.75) is 19.8 Å². The maximum atomic E-state index is 12.0. The maximum Gasteiger partial charge on any atom is 0.238 e. The van der Waals surface area contributed by atoms with Crippen molar-refractivity contribution in [3.8, 4) is 0 Å². The Kier molecular flexibility index (Phi) is 6.02. The molecule has 1 atom stereocenters. The monoisotopic (exact) mass is 275 g/mol. The quantitative estimate of drug-likeness (QED) is 0.834. The summed E-state index contributed by atoms with van der Waals surface area (Å²) in [7, 11) is 0. The van der Waals surface area contributed by atoms with Crippen LogP contribution in [-0.4, -0.2) is 43.5 Å². The van der Waals surface area contributed by atoms with Crippen LogP contribution in [0.25, 0.3) is 0 Å². The number of para-hydroxylation sites is 1. The van der Waals surface area contributed by atoms with Crippen LogP contribution in [0, 0.1) is 5.92 Å². The second-order valence-corrected chi connectivity index (χ2v) is 5.47. The molecule has 4 nitrogen and oxygen atoms in total. The van der Waals surface area contributed by atoms with Gasteiger partial charge in [0.25, 0.3) is 0 Å². The summed E-state index contributed by atoms with van der Waals surface area (Å²) in [4.78, 5) is 14.3. The van der Waals surface area contributed by atoms with Gasteiger partial charge in [0.15, 0.2) is 0 Å². The van der Waals surface area contributed by atoms with Gasteiger partial charge in [-0.2, -0.15) is 0 Å². The van der Waals surface area contributed by atoms with Gasteiger partial charge in [-0.25, -0.2) is 0 Å². The maximum absolute atomic E-state index is 12.0. The minimum absolute atomic E-state index is 0.0836. The van der Waals surface area contributed by atoms with E-state index in [1.807, 2.05) is 30.3 Å². The first-order valence-electron chi connectivity index (χ1n) is 7.56. The molecule has 0 saturated carbocycles. The predicted octanol–water partition coefficient (Wildman–Crippen LogP) is 1.95. The molecule has 20 heavy (non-hydrogen) atoms. The molecule has 4 heteroatoms. The molecule has 1 heterocycles. The van der Waals surface area contributed by atoms with E-state index in [0.29, 0.717) is 12.5 Å². The molecule has 1 fully saturated rings. The van der Waals surface area contributed by atoms with E-state index in [1.54, 1.807) is 0 Å². The highest BCUT2D eigenvalue weighted by atomic mass is 16.2. The van der Waals surface area contributed by atoms with Crippen molar-refractivity contribution < 1.29 is 4.79 Å². The molecule has 2 rings (SSSR count). The summed E-state index contributed by atoms with van der Waals surface area (Å²) >= 11 is 0. The summed E-state index contributed by atoms with van der Waals surface area (Å²) in [6, 6.07) is 9.65. The minimum atomic E-state index is 0.0836. The second kappa shape index (κ2) is 8.02. The van der Waals surface area contributed by atoms with Crippen molar-refractivity contribution in [2.24, 2.45) is 5.92 Å². The number of carbonyl (C=O) groups excluding carboxylic acids is 1. The fraction of sp³-hybridized carbons (Fsp3) is 0.562. The number of carbonyl (C=O) groups is 1. The minimum Gasteiger partial charge on any atom is -0.325 e. The van der Waals surface area contributed by atoms with Gasteiger partial charge in [0.2, 0.25) is 5.91 Å². The van der Waals surface area contributed by atoms with Gasteiger partial charge in [0.05, 0.1) is 6.54 Å². The van der Waals surface area contributed by atoms with Crippen molar-refractivity contribution >= 4 is 11.6 Å². The lowest BCUT2D eigenvalue weighted by atomic mass is 9.98. The van der Waals surface area contributed by atoms with Crippen LogP contribution in [0.1, 0.15) is 19.8 Å². The number of nitrogens with zero attached hydrogens (tertiary/aromatic N) is 1. The molecular formula is C16H25N3O. The molecule has 0 bridgehead atoms. The SMILES string of the molecule is CCNCC1CCCN(CC(=O)Nc2ccccc2)C1. The highest BCUT2D eigenvalue weighted by Gasteiger charge is 2.21. The number of piperidine rings is 1. The standard InChI is InChI=1S/C16H25N3O/c1-2-17-11-14-7-6-10-19(12-14)13-16(20)18-15-8-4-3-5-9-15/h3-5,8-9,14,17H,2,6-7,10-13H2,1H3,(H,18,20). The number of hydrogen-bond donors (Lipinski definition) is 2. The van der Waals surface area contributed by atoms with E-state index < -0.39 is 0 Å². The van der Waals surface area contributed by atoms with Gasteiger partial charge in [-0.3, -0.25) is 9.69 Å². The molecule has 110 valence electrons. The van der Waals surface area contributed by atoms with Crippen molar-refractivity contribution in [2.75, 3.05) is 38.0 Å². The van der Waals surface area contributed by atoms with Gasteiger partial charge in [0, 0.05) is 12.2 Å². The predicted molar refractivity (Wildman–Crippen MR) is 82.8 cm³/mol. The molecule has 0 aromatic heterocycles. The number of hydrogen-bond acceptors (Lipinski definition) is 3. The van der Waals surface area contributed by atoms with Crippen LogP contribution in [0.15, 0.2) is 30.3 Å².